The molecule has 1 aromatic rings. The van der Waals surface area contributed by atoms with E-state index in [1.165, 1.54) is 12.3 Å². The predicted octanol–water partition coefficient (Wildman–Crippen LogP) is 1.64. The predicted molar refractivity (Wildman–Crippen MR) is 75.2 cm³/mol. The van der Waals surface area contributed by atoms with Crippen LogP contribution in [0, 0.1) is 0 Å². The third-order valence-corrected chi connectivity index (χ3v) is 2.98. The Labute approximate surface area is 114 Å². The number of rotatable bonds is 6. The van der Waals surface area contributed by atoms with Crippen LogP contribution in [0.5, 0.6) is 5.75 Å². The molecule has 5 nitrogen and oxygen atoms in total. The fourth-order valence-electron chi connectivity index (χ4n) is 2.07. The number of hydrogen-bond donors (Lipinski definition) is 2. The Kier molecular flexibility index (Phi) is 5.76. The Morgan fingerprint density at radius 2 is 2.00 bits per heavy atom. The van der Waals surface area contributed by atoms with Crippen LogP contribution in [0.1, 0.15) is 38.2 Å². The van der Waals surface area contributed by atoms with E-state index in [1.807, 2.05) is 0 Å². The second kappa shape index (κ2) is 7.09. The summed E-state index contributed by atoms with van der Waals surface area (Å²) in [7, 11) is 0. The maximum absolute atomic E-state index is 11.8. The molecule has 1 amide bonds. The van der Waals surface area contributed by atoms with Crippen molar-refractivity contribution in [3.63, 3.8) is 0 Å². The van der Waals surface area contributed by atoms with Gasteiger partial charge in [-0.25, -0.2) is 4.98 Å². The van der Waals surface area contributed by atoms with Crippen LogP contribution in [-0.2, 0) is 0 Å². The van der Waals surface area contributed by atoms with Crippen molar-refractivity contribution in [3.05, 3.63) is 24.0 Å². The number of nitrogens with one attached hydrogen (secondary N) is 1. The summed E-state index contributed by atoms with van der Waals surface area (Å²) in [5.74, 6) is -0.435. The molecule has 0 aliphatic carbocycles. The molecule has 0 spiro atoms. The molecule has 0 radical (unpaired) electrons. The van der Waals surface area contributed by atoms with E-state index in [0.29, 0.717) is 18.6 Å². The molecule has 2 N–H and O–H groups in total. The highest BCUT2D eigenvalue weighted by Gasteiger charge is 2.15. The van der Waals surface area contributed by atoms with Gasteiger partial charge in [0.05, 0.1) is 0 Å². The zero-order valence-corrected chi connectivity index (χ0v) is 12.1. The maximum Gasteiger partial charge on any atom is 0.273 e. The smallest absolute Gasteiger partial charge is 0.273 e. The van der Waals surface area contributed by atoms with Crippen molar-refractivity contribution in [2.24, 2.45) is 0 Å². The molecular weight excluding hydrogens is 242 g/mol. The summed E-state index contributed by atoms with van der Waals surface area (Å²) in [4.78, 5) is 18.0. The number of pyridine rings is 1. The number of carbonyl (C=O) groups is 1. The molecule has 1 rings (SSSR count). The van der Waals surface area contributed by atoms with Crippen molar-refractivity contribution in [3.8, 4) is 5.75 Å². The lowest BCUT2D eigenvalue weighted by Gasteiger charge is -2.30. The van der Waals surface area contributed by atoms with Gasteiger partial charge in [-0.05, 0) is 39.8 Å². The summed E-state index contributed by atoms with van der Waals surface area (Å²) in [6.45, 7) is 9.83. The van der Waals surface area contributed by atoms with Gasteiger partial charge in [0.2, 0.25) is 0 Å². The van der Waals surface area contributed by atoms with E-state index in [-0.39, 0.29) is 17.4 Å². The summed E-state index contributed by atoms with van der Waals surface area (Å²) >= 11 is 0. The van der Waals surface area contributed by atoms with Gasteiger partial charge in [-0.2, -0.15) is 0 Å². The highest BCUT2D eigenvalue weighted by molar-refractivity contribution is 5.94. The van der Waals surface area contributed by atoms with Crippen LogP contribution in [0.25, 0.3) is 0 Å². The van der Waals surface area contributed by atoms with Crippen LogP contribution < -0.4 is 5.32 Å². The first-order valence-electron chi connectivity index (χ1n) is 6.61. The van der Waals surface area contributed by atoms with Crippen LogP contribution in [-0.4, -0.2) is 46.1 Å². The summed E-state index contributed by atoms with van der Waals surface area (Å²) < 4.78 is 0. The lowest BCUT2D eigenvalue weighted by Crippen LogP contribution is -2.42. The molecular formula is C14H23N3O2. The Bertz CT molecular complexity index is 411. The van der Waals surface area contributed by atoms with Crippen molar-refractivity contribution in [2.45, 2.75) is 39.8 Å². The van der Waals surface area contributed by atoms with Crippen LogP contribution >= 0.6 is 0 Å². The van der Waals surface area contributed by atoms with Crippen LogP contribution in [0.15, 0.2) is 18.3 Å². The van der Waals surface area contributed by atoms with Gasteiger partial charge in [-0.15, -0.1) is 0 Å². The zero-order chi connectivity index (χ0) is 14.4. The van der Waals surface area contributed by atoms with Gasteiger partial charge in [-0.1, -0.05) is 0 Å². The molecule has 0 aliphatic heterocycles. The average molecular weight is 265 g/mol. The normalized spacial score (nSPS) is 11.3. The molecule has 0 bridgehead atoms. The summed E-state index contributed by atoms with van der Waals surface area (Å²) in [6, 6.07) is 3.90. The van der Waals surface area contributed by atoms with Gasteiger partial charge in [0.25, 0.3) is 5.91 Å². The topological polar surface area (TPSA) is 65.5 Å². The first kappa shape index (κ1) is 15.4. The molecule has 1 aromatic heterocycles. The maximum atomic E-state index is 11.8. The number of aromatic nitrogens is 1. The molecule has 19 heavy (non-hydrogen) atoms. The van der Waals surface area contributed by atoms with E-state index in [0.717, 1.165) is 6.54 Å². The van der Waals surface area contributed by atoms with Crippen molar-refractivity contribution in [2.75, 3.05) is 13.1 Å². The third kappa shape index (κ3) is 4.52. The summed E-state index contributed by atoms with van der Waals surface area (Å²) in [6.07, 6.45) is 1.49. The first-order chi connectivity index (χ1) is 8.93. The standard InChI is InChI=1S/C14H23N3O2/c1-10(2)17(11(3)4)9-8-16-14(19)13-12(18)6-5-7-15-13/h5-7,10-11,18H,8-9H2,1-4H3,(H,16,19). The number of nitrogens with zero attached hydrogens (tertiary/aromatic N) is 2. The second-order valence-electron chi connectivity index (χ2n) is 5.05. The summed E-state index contributed by atoms with van der Waals surface area (Å²) in [5.41, 5.74) is 0.0724. The first-order valence-corrected chi connectivity index (χ1v) is 6.61. The summed E-state index contributed by atoms with van der Waals surface area (Å²) in [5, 5.41) is 12.3. The van der Waals surface area contributed by atoms with E-state index < -0.39 is 0 Å². The lowest BCUT2D eigenvalue weighted by atomic mass is 10.2. The molecule has 0 unspecified atom stereocenters. The van der Waals surface area contributed by atoms with Gasteiger partial charge < -0.3 is 10.4 Å². The van der Waals surface area contributed by atoms with Gasteiger partial charge in [-0.3, -0.25) is 9.69 Å². The molecule has 106 valence electrons. The van der Waals surface area contributed by atoms with E-state index in [2.05, 4.69) is 42.9 Å². The SMILES string of the molecule is CC(C)N(CCNC(=O)c1ncccc1O)C(C)C. The molecule has 0 fully saturated rings. The molecule has 5 heteroatoms. The van der Waals surface area contributed by atoms with Gasteiger partial charge in [0, 0.05) is 31.4 Å². The van der Waals surface area contributed by atoms with Crippen molar-refractivity contribution < 1.29 is 9.90 Å². The third-order valence-electron chi connectivity index (χ3n) is 2.98. The molecule has 1 heterocycles. The van der Waals surface area contributed by atoms with E-state index >= 15 is 0 Å². The minimum absolute atomic E-state index is 0.0724. The molecule has 0 saturated heterocycles. The molecule has 0 saturated carbocycles. The Hall–Kier alpha value is -1.62. The quantitative estimate of drug-likeness (QED) is 0.820. The minimum atomic E-state index is -0.342. The largest absolute Gasteiger partial charge is 0.505 e. The molecule has 0 atom stereocenters. The highest BCUT2D eigenvalue weighted by Crippen LogP contribution is 2.11. The van der Waals surface area contributed by atoms with Gasteiger partial charge in [0.1, 0.15) is 5.75 Å². The molecule has 0 aliphatic rings. The van der Waals surface area contributed by atoms with E-state index in [9.17, 15) is 9.90 Å². The van der Waals surface area contributed by atoms with Crippen molar-refractivity contribution >= 4 is 5.91 Å². The number of amides is 1. The number of hydrogen-bond acceptors (Lipinski definition) is 4. The Morgan fingerprint density at radius 3 is 2.53 bits per heavy atom. The Balaban J connectivity index is 2.49. The van der Waals surface area contributed by atoms with Crippen molar-refractivity contribution in [1.29, 1.82) is 0 Å². The molecule has 0 aromatic carbocycles. The Morgan fingerprint density at radius 1 is 1.37 bits per heavy atom. The zero-order valence-electron chi connectivity index (χ0n) is 12.1. The van der Waals surface area contributed by atoms with Gasteiger partial charge >= 0.3 is 0 Å². The van der Waals surface area contributed by atoms with Crippen molar-refractivity contribution in [1.82, 2.24) is 15.2 Å². The van der Waals surface area contributed by atoms with E-state index in [4.69, 9.17) is 0 Å². The second-order valence-corrected chi connectivity index (χ2v) is 5.05. The van der Waals surface area contributed by atoms with Crippen LogP contribution in [0.4, 0.5) is 0 Å². The number of carbonyl (C=O) groups excluding carboxylic acids is 1. The fraction of sp³-hybridized carbons (Fsp3) is 0.571. The van der Waals surface area contributed by atoms with E-state index in [1.54, 1.807) is 6.07 Å². The minimum Gasteiger partial charge on any atom is -0.505 e. The lowest BCUT2D eigenvalue weighted by molar-refractivity contribution is 0.0931. The fourth-order valence-corrected chi connectivity index (χ4v) is 2.07. The van der Waals surface area contributed by atoms with Crippen LogP contribution in [0.3, 0.4) is 0 Å². The average Bonchev–Trinajstić information content (AvgIpc) is 2.33. The number of aromatic hydroxyl groups is 1. The highest BCUT2D eigenvalue weighted by atomic mass is 16.3. The van der Waals surface area contributed by atoms with Crippen LogP contribution in [0.2, 0.25) is 0 Å². The monoisotopic (exact) mass is 265 g/mol. The van der Waals surface area contributed by atoms with Gasteiger partial charge in [0.15, 0.2) is 5.69 Å².